The lowest BCUT2D eigenvalue weighted by Gasteiger charge is -2.34. The van der Waals surface area contributed by atoms with Crippen LogP contribution in [-0.4, -0.2) is 29.6 Å². The van der Waals surface area contributed by atoms with Crippen LogP contribution < -0.4 is 9.64 Å². The van der Waals surface area contributed by atoms with Crippen LogP contribution in [0.3, 0.4) is 0 Å². The van der Waals surface area contributed by atoms with Crippen molar-refractivity contribution in [3.05, 3.63) is 23.8 Å². The molecule has 1 aliphatic rings. The van der Waals surface area contributed by atoms with Crippen LogP contribution in [0, 0.1) is 6.92 Å². The Morgan fingerprint density at radius 3 is 2.84 bits per heavy atom. The van der Waals surface area contributed by atoms with Crippen molar-refractivity contribution in [2.45, 2.75) is 32.8 Å². The number of carbonyl (C=O) groups excluding carboxylic acids is 1. The maximum atomic E-state index is 12.3. The molecule has 1 aliphatic heterocycles. The van der Waals surface area contributed by atoms with Gasteiger partial charge in [-0.3, -0.25) is 9.59 Å². The van der Waals surface area contributed by atoms with Crippen LogP contribution in [-0.2, 0) is 9.59 Å². The predicted octanol–water partition coefficient (Wildman–Crippen LogP) is 1.97. The lowest BCUT2D eigenvalue weighted by molar-refractivity contribution is -0.136. The summed E-state index contributed by atoms with van der Waals surface area (Å²) < 4.78 is 5.65. The molecule has 0 fully saturated rings. The van der Waals surface area contributed by atoms with Crippen molar-refractivity contribution in [2.75, 3.05) is 11.4 Å². The van der Waals surface area contributed by atoms with Crippen LogP contribution in [0.5, 0.6) is 5.75 Å². The summed E-state index contributed by atoms with van der Waals surface area (Å²) >= 11 is 0. The molecular formula is C14H17NO4. The van der Waals surface area contributed by atoms with Gasteiger partial charge in [-0.05, 0) is 31.0 Å². The third-order valence-electron chi connectivity index (χ3n) is 3.14. The molecule has 2 rings (SSSR count). The van der Waals surface area contributed by atoms with Gasteiger partial charge in [0.2, 0.25) is 0 Å². The Morgan fingerprint density at radius 2 is 2.21 bits per heavy atom. The number of hydrogen-bond donors (Lipinski definition) is 1. The van der Waals surface area contributed by atoms with Gasteiger partial charge in [-0.2, -0.15) is 0 Å². The first kappa shape index (κ1) is 13.4. The highest BCUT2D eigenvalue weighted by Crippen LogP contribution is 2.35. The van der Waals surface area contributed by atoms with E-state index in [9.17, 15) is 9.59 Å². The van der Waals surface area contributed by atoms with Gasteiger partial charge in [0.15, 0.2) is 6.10 Å². The van der Waals surface area contributed by atoms with E-state index in [1.807, 2.05) is 32.0 Å². The number of benzene rings is 1. The molecule has 0 radical (unpaired) electrons. The molecule has 1 unspecified atom stereocenters. The van der Waals surface area contributed by atoms with Gasteiger partial charge in [0.25, 0.3) is 5.91 Å². The number of carbonyl (C=O) groups is 2. The highest BCUT2D eigenvalue weighted by molar-refractivity contribution is 6.00. The van der Waals surface area contributed by atoms with Crippen LogP contribution in [0.4, 0.5) is 5.69 Å². The quantitative estimate of drug-likeness (QED) is 0.902. The molecule has 0 aromatic heterocycles. The summed E-state index contributed by atoms with van der Waals surface area (Å²) in [5.74, 6) is -0.439. The number of amides is 1. The Bertz CT molecular complexity index is 512. The Kier molecular flexibility index (Phi) is 3.74. The van der Waals surface area contributed by atoms with Crippen molar-refractivity contribution in [3.63, 3.8) is 0 Å². The second kappa shape index (κ2) is 5.30. The Morgan fingerprint density at radius 1 is 1.47 bits per heavy atom. The molecule has 1 N–H and O–H groups in total. The van der Waals surface area contributed by atoms with Gasteiger partial charge >= 0.3 is 5.97 Å². The van der Waals surface area contributed by atoms with E-state index >= 15 is 0 Å². The lowest BCUT2D eigenvalue weighted by Crippen LogP contribution is -2.46. The van der Waals surface area contributed by atoms with Crippen molar-refractivity contribution in [1.29, 1.82) is 0 Å². The molecular weight excluding hydrogens is 246 g/mol. The maximum absolute atomic E-state index is 12.3. The van der Waals surface area contributed by atoms with E-state index in [1.54, 1.807) is 0 Å². The van der Waals surface area contributed by atoms with Crippen LogP contribution in [0.2, 0.25) is 0 Å². The first-order valence-electron chi connectivity index (χ1n) is 6.33. The second-order valence-electron chi connectivity index (χ2n) is 4.62. The molecule has 1 aromatic carbocycles. The Balaban J connectivity index is 2.35. The first-order chi connectivity index (χ1) is 9.02. The minimum atomic E-state index is -0.915. The minimum absolute atomic E-state index is 0.0739. The van der Waals surface area contributed by atoms with Crippen LogP contribution >= 0.6 is 0 Å². The van der Waals surface area contributed by atoms with Gasteiger partial charge in [-0.15, -0.1) is 0 Å². The summed E-state index contributed by atoms with van der Waals surface area (Å²) in [6.07, 6.45) is -0.0327. The maximum Gasteiger partial charge on any atom is 0.305 e. The number of aryl methyl sites for hydroxylation is 1. The van der Waals surface area contributed by atoms with E-state index in [0.29, 0.717) is 17.9 Å². The molecule has 5 nitrogen and oxygen atoms in total. The SMILES string of the molecule is CCC1Oc2ccc(C)cc2N(CCC(=O)O)C1=O. The fraction of sp³-hybridized carbons (Fsp3) is 0.429. The summed E-state index contributed by atoms with van der Waals surface area (Å²) in [7, 11) is 0. The van der Waals surface area contributed by atoms with Crippen LogP contribution in [0.1, 0.15) is 25.3 Å². The smallest absolute Gasteiger partial charge is 0.305 e. The number of rotatable bonds is 4. The number of ether oxygens (including phenoxy) is 1. The van der Waals surface area contributed by atoms with Crippen molar-refractivity contribution in [3.8, 4) is 5.75 Å². The van der Waals surface area contributed by atoms with Gasteiger partial charge in [0.1, 0.15) is 5.75 Å². The summed E-state index contributed by atoms with van der Waals surface area (Å²) in [6, 6.07) is 5.59. The Labute approximate surface area is 111 Å². The Hall–Kier alpha value is -2.04. The minimum Gasteiger partial charge on any atom is -0.481 e. The highest BCUT2D eigenvalue weighted by atomic mass is 16.5. The number of carboxylic acid groups (broad SMARTS) is 1. The molecule has 19 heavy (non-hydrogen) atoms. The predicted molar refractivity (Wildman–Crippen MR) is 70.5 cm³/mol. The van der Waals surface area contributed by atoms with Crippen molar-refractivity contribution < 1.29 is 19.4 Å². The molecule has 1 aromatic rings. The van der Waals surface area contributed by atoms with E-state index < -0.39 is 12.1 Å². The molecule has 5 heteroatoms. The summed E-state index contributed by atoms with van der Waals surface area (Å²) in [6.45, 7) is 3.97. The van der Waals surface area contributed by atoms with Gasteiger partial charge in [-0.1, -0.05) is 13.0 Å². The fourth-order valence-corrected chi connectivity index (χ4v) is 2.13. The second-order valence-corrected chi connectivity index (χ2v) is 4.62. The van der Waals surface area contributed by atoms with Crippen molar-refractivity contribution in [1.82, 2.24) is 0 Å². The van der Waals surface area contributed by atoms with Crippen LogP contribution in [0.15, 0.2) is 18.2 Å². The largest absolute Gasteiger partial charge is 0.481 e. The standard InChI is InChI=1S/C14H17NO4/c1-3-11-14(18)15(7-6-13(16)17)10-8-9(2)4-5-12(10)19-11/h4-5,8,11H,3,6-7H2,1-2H3,(H,16,17). The molecule has 0 bridgehead atoms. The molecule has 0 aliphatic carbocycles. The average Bonchev–Trinajstić information content (AvgIpc) is 2.37. The third kappa shape index (κ3) is 2.70. The van der Waals surface area contributed by atoms with E-state index in [-0.39, 0.29) is 18.9 Å². The molecule has 102 valence electrons. The molecule has 1 heterocycles. The van der Waals surface area contributed by atoms with Gasteiger partial charge < -0.3 is 14.7 Å². The molecule has 1 atom stereocenters. The van der Waals surface area contributed by atoms with Crippen molar-refractivity contribution in [2.24, 2.45) is 0 Å². The van der Waals surface area contributed by atoms with Crippen molar-refractivity contribution >= 4 is 17.6 Å². The monoisotopic (exact) mass is 263 g/mol. The highest BCUT2D eigenvalue weighted by Gasteiger charge is 2.33. The van der Waals surface area contributed by atoms with E-state index in [2.05, 4.69) is 0 Å². The zero-order valence-electron chi connectivity index (χ0n) is 11.0. The summed E-state index contributed by atoms with van der Waals surface area (Å²) in [4.78, 5) is 24.5. The molecule has 1 amide bonds. The molecule has 0 spiro atoms. The number of aliphatic carboxylic acids is 1. The first-order valence-corrected chi connectivity index (χ1v) is 6.33. The lowest BCUT2D eigenvalue weighted by atomic mass is 10.1. The number of carboxylic acids is 1. The third-order valence-corrected chi connectivity index (χ3v) is 3.14. The molecule has 0 saturated heterocycles. The number of hydrogen-bond acceptors (Lipinski definition) is 3. The van der Waals surface area contributed by atoms with E-state index in [1.165, 1.54) is 4.90 Å². The molecule has 0 saturated carbocycles. The number of anilines is 1. The zero-order valence-corrected chi connectivity index (χ0v) is 11.0. The normalized spacial score (nSPS) is 17.9. The summed E-state index contributed by atoms with van der Waals surface area (Å²) in [5, 5.41) is 8.79. The van der Waals surface area contributed by atoms with Crippen LogP contribution in [0.25, 0.3) is 0 Å². The fourth-order valence-electron chi connectivity index (χ4n) is 2.13. The van der Waals surface area contributed by atoms with Gasteiger partial charge in [0.05, 0.1) is 12.1 Å². The number of fused-ring (bicyclic) bond motifs is 1. The zero-order chi connectivity index (χ0) is 14.0. The number of nitrogens with zero attached hydrogens (tertiary/aromatic N) is 1. The van der Waals surface area contributed by atoms with E-state index in [0.717, 1.165) is 5.56 Å². The summed E-state index contributed by atoms with van der Waals surface area (Å²) in [5.41, 5.74) is 1.67. The van der Waals surface area contributed by atoms with Gasteiger partial charge in [0, 0.05) is 6.54 Å². The average molecular weight is 263 g/mol. The van der Waals surface area contributed by atoms with Gasteiger partial charge in [-0.25, -0.2) is 0 Å². The van der Waals surface area contributed by atoms with E-state index in [4.69, 9.17) is 9.84 Å². The topological polar surface area (TPSA) is 66.8 Å².